The van der Waals surface area contributed by atoms with Gasteiger partial charge in [-0.2, -0.15) is 0 Å². The second-order valence-electron chi connectivity index (χ2n) is 5.02. The Kier molecular flexibility index (Phi) is 6.00. The summed E-state index contributed by atoms with van der Waals surface area (Å²) in [7, 11) is 0. The fourth-order valence-corrected chi connectivity index (χ4v) is 2.11. The molecule has 2 aromatic carbocycles. The third-order valence-electron chi connectivity index (χ3n) is 3.44. The van der Waals surface area contributed by atoms with E-state index in [0.717, 1.165) is 5.56 Å². The Morgan fingerprint density at radius 2 is 1.91 bits per heavy atom. The molecule has 0 radical (unpaired) electrons. The number of ether oxygens (including phenoxy) is 2. The second kappa shape index (κ2) is 8.19. The normalized spacial score (nSPS) is 10.3. The Morgan fingerprint density at radius 3 is 2.70 bits per heavy atom. The first-order chi connectivity index (χ1) is 11.1. The van der Waals surface area contributed by atoms with Crippen LogP contribution in [0.4, 0.5) is 11.4 Å². The van der Waals surface area contributed by atoms with Gasteiger partial charge in [-0.1, -0.05) is 18.2 Å². The fourth-order valence-electron chi connectivity index (χ4n) is 2.11. The van der Waals surface area contributed by atoms with E-state index in [2.05, 4.69) is 5.32 Å². The van der Waals surface area contributed by atoms with Gasteiger partial charge in [0.25, 0.3) is 5.91 Å². The van der Waals surface area contributed by atoms with Gasteiger partial charge in [0.05, 0.1) is 12.2 Å². The maximum absolute atomic E-state index is 12.5. The average molecular weight is 314 g/mol. The van der Waals surface area contributed by atoms with Crippen LogP contribution < -0.4 is 15.8 Å². The van der Waals surface area contributed by atoms with Crippen LogP contribution in [0.2, 0.25) is 0 Å². The van der Waals surface area contributed by atoms with Crippen molar-refractivity contribution in [2.75, 3.05) is 30.9 Å². The lowest BCUT2D eigenvalue weighted by Gasteiger charge is -2.13. The lowest BCUT2D eigenvalue weighted by atomic mass is 10.1. The van der Waals surface area contributed by atoms with Crippen molar-refractivity contribution in [1.29, 1.82) is 0 Å². The molecule has 0 saturated heterocycles. The van der Waals surface area contributed by atoms with E-state index in [-0.39, 0.29) is 5.91 Å². The van der Waals surface area contributed by atoms with Crippen LogP contribution >= 0.6 is 0 Å². The topological polar surface area (TPSA) is 73.6 Å². The van der Waals surface area contributed by atoms with Crippen molar-refractivity contribution in [3.8, 4) is 5.75 Å². The number of hydrogen-bond donors (Lipinski definition) is 2. The second-order valence-corrected chi connectivity index (χ2v) is 5.02. The van der Waals surface area contributed by atoms with E-state index >= 15 is 0 Å². The van der Waals surface area contributed by atoms with Crippen molar-refractivity contribution in [3.63, 3.8) is 0 Å². The minimum absolute atomic E-state index is 0.231. The molecule has 0 unspecified atom stereocenters. The summed E-state index contributed by atoms with van der Waals surface area (Å²) in [6, 6.07) is 12.6. The number of carbonyl (C=O) groups excluding carboxylic acids is 1. The van der Waals surface area contributed by atoms with E-state index in [0.29, 0.717) is 42.5 Å². The summed E-state index contributed by atoms with van der Waals surface area (Å²) in [6.07, 6.45) is 0. The molecular weight excluding hydrogens is 292 g/mol. The summed E-state index contributed by atoms with van der Waals surface area (Å²) in [4.78, 5) is 12.5. The largest absolute Gasteiger partial charge is 0.490 e. The highest BCUT2D eigenvalue weighted by molar-refractivity contribution is 6.06. The van der Waals surface area contributed by atoms with Crippen LogP contribution in [0, 0.1) is 6.92 Å². The van der Waals surface area contributed by atoms with E-state index in [1.54, 1.807) is 24.3 Å². The molecule has 23 heavy (non-hydrogen) atoms. The van der Waals surface area contributed by atoms with Crippen LogP contribution in [0.3, 0.4) is 0 Å². The predicted molar refractivity (Wildman–Crippen MR) is 92.0 cm³/mol. The van der Waals surface area contributed by atoms with Crippen LogP contribution in [0.1, 0.15) is 22.8 Å². The molecule has 0 saturated carbocycles. The zero-order valence-electron chi connectivity index (χ0n) is 13.5. The molecule has 5 nitrogen and oxygen atoms in total. The molecule has 0 spiro atoms. The molecule has 0 aliphatic rings. The first kappa shape index (κ1) is 16.8. The first-order valence-electron chi connectivity index (χ1n) is 7.59. The highest BCUT2D eigenvalue weighted by Gasteiger charge is 2.13. The molecule has 0 fully saturated rings. The fraction of sp³-hybridized carbons (Fsp3) is 0.278. The van der Waals surface area contributed by atoms with Gasteiger partial charge in [-0.05, 0) is 43.7 Å². The molecule has 0 aliphatic carbocycles. The molecule has 1 amide bonds. The van der Waals surface area contributed by atoms with Crippen LogP contribution in [0.25, 0.3) is 0 Å². The van der Waals surface area contributed by atoms with Crippen molar-refractivity contribution in [2.24, 2.45) is 0 Å². The molecule has 0 heterocycles. The Hall–Kier alpha value is -2.53. The molecule has 2 rings (SSSR count). The molecule has 2 aromatic rings. The predicted octanol–water partition coefficient (Wildman–Crippen LogP) is 3.24. The Morgan fingerprint density at radius 1 is 1.13 bits per heavy atom. The minimum Gasteiger partial charge on any atom is -0.490 e. The number of nitrogens with two attached hydrogens (primary N) is 1. The standard InChI is InChI=1S/C18H22N2O3/c1-3-22-11-12-23-17-10-5-4-7-14(17)18(21)20-16-9-6-8-15(19)13(16)2/h4-10H,3,11-12,19H2,1-2H3,(H,20,21). The highest BCUT2D eigenvalue weighted by atomic mass is 16.5. The molecular formula is C18H22N2O3. The maximum atomic E-state index is 12.5. The van der Waals surface area contributed by atoms with E-state index in [9.17, 15) is 4.79 Å². The number of benzene rings is 2. The SMILES string of the molecule is CCOCCOc1ccccc1C(=O)Nc1cccc(N)c1C. The van der Waals surface area contributed by atoms with Gasteiger partial charge in [0, 0.05) is 18.0 Å². The third-order valence-corrected chi connectivity index (χ3v) is 3.44. The third kappa shape index (κ3) is 4.47. The van der Waals surface area contributed by atoms with E-state index in [1.807, 2.05) is 32.0 Å². The van der Waals surface area contributed by atoms with Gasteiger partial charge in [0.1, 0.15) is 12.4 Å². The van der Waals surface area contributed by atoms with Crippen LogP contribution in [0.15, 0.2) is 42.5 Å². The van der Waals surface area contributed by atoms with Crippen LogP contribution in [0.5, 0.6) is 5.75 Å². The monoisotopic (exact) mass is 314 g/mol. The van der Waals surface area contributed by atoms with Crippen molar-refractivity contribution in [2.45, 2.75) is 13.8 Å². The molecule has 0 bridgehead atoms. The lowest BCUT2D eigenvalue weighted by Crippen LogP contribution is -2.16. The van der Waals surface area contributed by atoms with Crippen molar-refractivity contribution in [1.82, 2.24) is 0 Å². The molecule has 0 aromatic heterocycles. The number of nitrogen functional groups attached to an aromatic ring is 1. The number of rotatable bonds is 7. The summed E-state index contributed by atoms with van der Waals surface area (Å²) >= 11 is 0. The molecule has 0 atom stereocenters. The number of amides is 1. The summed E-state index contributed by atoms with van der Waals surface area (Å²) in [6.45, 7) is 5.32. The van der Waals surface area contributed by atoms with Gasteiger partial charge in [0.2, 0.25) is 0 Å². The van der Waals surface area contributed by atoms with Gasteiger partial charge in [-0.15, -0.1) is 0 Å². The zero-order chi connectivity index (χ0) is 16.7. The number of anilines is 2. The molecule has 0 aliphatic heterocycles. The zero-order valence-corrected chi connectivity index (χ0v) is 13.5. The van der Waals surface area contributed by atoms with Crippen LogP contribution in [-0.2, 0) is 4.74 Å². The highest BCUT2D eigenvalue weighted by Crippen LogP contribution is 2.23. The van der Waals surface area contributed by atoms with Gasteiger partial charge >= 0.3 is 0 Å². The van der Waals surface area contributed by atoms with Crippen molar-refractivity contribution in [3.05, 3.63) is 53.6 Å². The number of hydrogen-bond acceptors (Lipinski definition) is 4. The van der Waals surface area contributed by atoms with Gasteiger partial charge in [-0.3, -0.25) is 4.79 Å². The Balaban J connectivity index is 2.11. The summed E-state index contributed by atoms with van der Waals surface area (Å²) < 4.78 is 10.9. The quantitative estimate of drug-likeness (QED) is 0.608. The van der Waals surface area contributed by atoms with E-state index < -0.39 is 0 Å². The van der Waals surface area contributed by atoms with Gasteiger partial charge < -0.3 is 20.5 Å². The average Bonchev–Trinajstić information content (AvgIpc) is 2.56. The molecule has 3 N–H and O–H groups in total. The summed E-state index contributed by atoms with van der Waals surface area (Å²) in [5, 5.41) is 2.88. The molecule has 5 heteroatoms. The lowest BCUT2D eigenvalue weighted by molar-refractivity contribution is 0.0998. The van der Waals surface area contributed by atoms with Crippen molar-refractivity contribution < 1.29 is 14.3 Å². The summed E-state index contributed by atoms with van der Waals surface area (Å²) in [5.41, 5.74) is 8.53. The smallest absolute Gasteiger partial charge is 0.259 e. The van der Waals surface area contributed by atoms with Crippen molar-refractivity contribution >= 4 is 17.3 Å². The van der Waals surface area contributed by atoms with Gasteiger partial charge in [-0.25, -0.2) is 0 Å². The first-order valence-corrected chi connectivity index (χ1v) is 7.59. The molecule has 122 valence electrons. The summed E-state index contributed by atoms with van der Waals surface area (Å²) in [5.74, 6) is 0.303. The van der Waals surface area contributed by atoms with E-state index in [4.69, 9.17) is 15.2 Å². The maximum Gasteiger partial charge on any atom is 0.259 e. The Bertz CT molecular complexity index is 671. The number of carbonyl (C=O) groups is 1. The number of para-hydroxylation sites is 1. The number of nitrogens with one attached hydrogen (secondary N) is 1. The van der Waals surface area contributed by atoms with Crippen LogP contribution in [-0.4, -0.2) is 25.7 Å². The minimum atomic E-state index is -0.231. The Labute approximate surface area is 136 Å². The van der Waals surface area contributed by atoms with E-state index in [1.165, 1.54) is 0 Å². The van der Waals surface area contributed by atoms with Gasteiger partial charge in [0.15, 0.2) is 0 Å².